The van der Waals surface area contributed by atoms with Gasteiger partial charge in [-0.3, -0.25) is 20.3 Å². The highest BCUT2D eigenvalue weighted by Gasteiger charge is 2.40. The number of aryl methyl sites for hydroxylation is 4. The number of pyridine rings is 1. The highest BCUT2D eigenvalue weighted by molar-refractivity contribution is 9.10. The second-order valence-electron chi connectivity index (χ2n) is 11.6. The molecular weight excluding hydrogens is 546 g/mol. The van der Waals surface area contributed by atoms with Gasteiger partial charge in [0, 0.05) is 18.5 Å². The van der Waals surface area contributed by atoms with Crippen molar-refractivity contribution in [1.82, 2.24) is 20.2 Å². The van der Waals surface area contributed by atoms with Crippen LogP contribution in [0.2, 0.25) is 0 Å². The predicted octanol–water partition coefficient (Wildman–Crippen LogP) is 7.15. The smallest absolute Gasteiger partial charge is 0.305 e. The van der Waals surface area contributed by atoms with Gasteiger partial charge in [0.25, 0.3) is 5.95 Å². The van der Waals surface area contributed by atoms with Crippen LogP contribution >= 0.6 is 15.9 Å². The van der Waals surface area contributed by atoms with Crippen molar-refractivity contribution < 1.29 is 13.9 Å². The van der Waals surface area contributed by atoms with Crippen LogP contribution < -0.4 is 15.6 Å². The Kier molecular flexibility index (Phi) is 6.33. The third kappa shape index (κ3) is 4.46. The van der Waals surface area contributed by atoms with E-state index in [1.54, 1.807) is 16.8 Å². The molecule has 0 fully saturated rings. The number of fused-ring (bicyclic) bond motifs is 2. The fraction of sp³-hybridized carbons (Fsp3) is 0.414. The number of nitrogens with zero attached hydrogens (tertiary/aromatic N) is 3. The summed E-state index contributed by atoms with van der Waals surface area (Å²) in [5.74, 6) is 1.13. The topological polar surface area (TPSA) is 94.2 Å². The Balaban J connectivity index is 1.34. The number of anilines is 1. The first-order valence-electron chi connectivity index (χ1n) is 12.8. The summed E-state index contributed by atoms with van der Waals surface area (Å²) in [6, 6.07) is 7.34. The first kappa shape index (κ1) is 26.3. The molecule has 4 aromatic rings. The van der Waals surface area contributed by atoms with E-state index in [1.165, 1.54) is 11.1 Å². The van der Waals surface area contributed by atoms with Gasteiger partial charge in [-0.25, -0.2) is 4.98 Å². The van der Waals surface area contributed by atoms with Crippen molar-refractivity contribution >= 4 is 38.7 Å². The van der Waals surface area contributed by atoms with Crippen LogP contribution in [0.5, 0.6) is 11.7 Å². The molecule has 0 radical (unpaired) electrons. The number of carbonyl (C=O) groups excluding carboxylic acids is 1. The molecule has 9 heteroatoms. The Bertz CT molecular complexity index is 1580. The summed E-state index contributed by atoms with van der Waals surface area (Å²) in [5.41, 5.74) is 11.9. The largest absolute Gasteiger partial charge is 0.424 e. The average molecular weight is 581 g/mol. The lowest BCUT2D eigenvalue weighted by molar-refractivity contribution is 0.0930. The zero-order valence-electron chi connectivity index (χ0n) is 23.2. The quantitative estimate of drug-likeness (QED) is 0.244. The van der Waals surface area contributed by atoms with Crippen molar-refractivity contribution in [3.05, 3.63) is 62.4 Å². The number of hydrogen-bond donors (Lipinski definition) is 2. The van der Waals surface area contributed by atoms with Gasteiger partial charge in [0.05, 0.1) is 10.2 Å². The van der Waals surface area contributed by atoms with E-state index < -0.39 is 5.91 Å². The summed E-state index contributed by atoms with van der Waals surface area (Å²) in [6.07, 6.45) is 2.22. The second-order valence-corrected chi connectivity index (χ2v) is 12.4. The highest BCUT2D eigenvalue weighted by Crippen LogP contribution is 2.52. The van der Waals surface area contributed by atoms with Crippen LogP contribution in [0.25, 0.3) is 11.0 Å². The molecule has 1 aromatic carbocycles. The summed E-state index contributed by atoms with van der Waals surface area (Å²) < 4.78 is 14.6. The van der Waals surface area contributed by atoms with Gasteiger partial charge >= 0.3 is 5.91 Å². The molecule has 1 aliphatic carbocycles. The number of furan rings is 1. The lowest BCUT2D eigenvalue weighted by Gasteiger charge is -2.43. The van der Waals surface area contributed by atoms with Gasteiger partial charge in [-0.2, -0.15) is 5.10 Å². The van der Waals surface area contributed by atoms with E-state index in [1.807, 2.05) is 33.9 Å². The van der Waals surface area contributed by atoms with Crippen molar-refractivity contribution in [3.8, 4) is 11.7 Å². The van der Waals surface area contributed by atoms with Crippen molar-refractivity contribution in [2.45, 2.75) is 72.1 Å². The molecule has 1 amide bonds. The number of ether oxygens (including phenoxy) is 1. The number of hydrogen-bond acceptors (Lipinski definition) is 6. The third-order valence-electron chi connectivity index (χ3n) is 7.67. The summed E-state index contributed by atoms with van der Waals surface area (Å²) in [5, 5.41) is 5.44. The summed E-state index contributed by atoms with van der Waals surface area (Å²) in [7, 11) is 1.85. The summed E-state index contributed by atoms with van der Waals surface area (Å²) in [6.45, 7) is 15.1. The minimum atomic E-state index is -0.440. The number of aromatic nitrogens is 3. The molecule has 8 nitrogen and oxygen atoms in total. The van der Waals surface area contributed by atoms with E-state index >= 15 is 0 Å². The van der Waals surface area contributed by atoms with E-state index in [2.05, 4.69) is 70.6 Å². The first-order valence-corrected chi connectivity index (χ1v) is 13.6. The standard InChI is InChI=1S/C29H34BrN5O3/c1-15-14-20(31-26-22(15)17(3)34-35(26)8)32-33-27(36)19-9-10-21(37-19)38-25-16(2)13-18-23(24(25)30)29(6,7)12-11-28(18,4)5/h9-10,13-14H,11-12H2,1-8H3,(H,31,32)(H,33,36). The monoisotopic (exact) mass is 579 g/mol. The Labute approximate surface area is 231 Å². The number of carbonyl (C=O) groups is 1. The summed E-state index contributed by atoms with van der Waals surface area (Å²) >= 11 is 3.85. The van der Waals surface area contributed by atoms with E-state index in [4.69, 9.17) is 9.15 Å². The predicted molar refractivity (Wildman–Crippen MR) is 152 cm³/mol. The molecule has 0 saturated carbocycles. The lowest BCUT2D eigenvalue weighted by atomic mass is 9.63. The molecule has 1 aliphatic rings. The fourth-order valence-electron chi connectivity index (χ4n) is 5.47. The molecule has 0 bridgehead atoms. The van der Waals surface area contributed by atoms with Crippen molar-refractivity contribution in [2.24, 2.45) is 7.05 Å². The minimum Gasteiger partial charge on any atom is -0.424 e. The SMILES string of the molecule is Cc1cc2c(c(Br)c1Oc1ccc(C(=O)NNc3cc(C)c4c(C)nn(C)c4n3)o1)C(C)(C)CCC2(C)C. The van der Waals surface area contributed by atoms with Gasteiger partial charge in [0.1, 0.15) is 11.6 Å². The highest BCUT2D eigenvalue weighted by atomic mass is 79.9. The van der Waals surface area contributed by atoms with Gasteiger partial charge in [-0.15, -0.1) is 0 Å². The molecule has 2 N–H and O–H groups in total. The number of rotatable bonds is 5. The molecule has 38 heavy (non-hydrogen) atoms. The molecule has 5 rings (SSSR count). The maximum Gasteiger partial charge on any atom is 0.305 e. The molecule has 0 spiro atoms. The number of hydrazine groups is 1. The second kappa shape index (κ2) is 9.15. The molecule has 0 unspecified atom stereocenters. The van der Waals surface area contributed by atoms with Crippen LogP contribution in [0.15, 0.2) is 33.2 Å². The van der Waals surface area contributed by atoms with Gasteiger partial charge in [-0.05, 0) is 94.8 Å². The van der Waals surface area contributed by atoms with Gasteiger partial charge in [-0.1, -0.05) is 33.8 Å². The fourth-order valence-corrected chi connectivity index (χ4v) is 6.61. The van der Waals surface area contributed by atoms with Crippen LogP contribution in [-0.2, 0) is 17.9 Å². The molecule has 0 saturated heterocycles. The lowest BCUT2D eigenvalue weighted by Crippen LogP contribution is -2.34. The van der Waals surface area contributed by atoms with E-state index in [9.17, 15) is 4.79 Å². The van der Waals surface area contributed by atoms with Crippen LogP contribution in [0.3, 0.4) is 0 Å². The molecule has 200 valence electrons. The zero-order valence-corrected chi connectivity index (χ0v) is 24.8. The number of halogens is 1. The van der Waals surface area contributed by atoms with Gasteiger partial charge in [0.2, 0.25) is 0 Å². The number of nitrogens with one attached hydrogen (secondary N) is 2. The molecule has 3 aromatic heterocycles. The zero-order chi connectivity index (χ0) is 27.6. The molecular formula is C29H34BrN5O3. The Morgan fingerprint density at radius 2 is 1.79 bits per heavy atom. The van der Waals surface area contributed by atoms with E-state index in [0.29, 0.717) is 11.6 Å². The Morgan fingerprint density at radius 3 is 2.53 bits per heavy atom. The Morgan fingerprint density at radius 1 is 1.08 bits per heavy atom. The van der Waals surface area contributed by atoms with Crippen LogP contribution in [0, 0.1) is 20.8 Å². The van der Waals surface area contributed by atoms with Crippen molar-refractivity contribution in [2.75, 3.05) is 5.43 Å². The van der Waals surface area contributed by atoms with Gasteiger partial charge < -0.3 is 9.15 Å². The first-order chi connectivity index (χ1) is 17.8. The molecule has 0 aliphatic heterocycles. The normalized spacial score (nSPS) is 15.8. The van der Waals surface area contributed by atoms with Crippen LogP contribution in [0.1, 0.15) is 79.0 Å². The van der Waals surface area contributed by atoms with Crippen LogP contribution in [0.4, 0.5) is 5.82 Å². The maximum absolute atomic E-state index is 12.8. The van der Waals surface area contributed by atoms with Gasteiger partial charge in [0.15, 0.2) is 11.4 Å². The average Bonchev–Trinajstić information content (AvgIpc) is 3.42. The minimum absolute atomic E-state index is 0.0128. The molecule has 3 heterocycles. The van der Waals surface area contributed by atoms with E-state index in [0.717, 1.165) is 45.2 Å². The van der Waals surface area contributed by atoms with E-state index in [-0.39, 0.29) is 22.5 Å². The van der Waals surface area contributed by atoms with Crippen LogP contribution in [-0.4, -0.2) is 20.7 Å². The number of amides is 1. The summed E-state index contributed by atoms with van der Waals surface area (Å²) in [4.78, 5) is 17.4. The third-order valence-corrected chi connectivity index (χ3v) is 8.42. The Hall–Kier alpha value is -3.33. The number of benzene rings is 1. The van der Waals surface area contributed by atoms with Crippen molar-refractivity contribution in [1.29, 1.82) is 0 Å². The van der Waals surface area contributed by atoms with Crippen molar-refractivity contribution in [3.63, 3.8) is 0 Å². The maximum atomic E-state index is 12.8. The molecule has 0 atom stereocenters.